The van der Waals surface area contributed by atoms with Gasteiger partial charge < -0.3 is 16.4 Å². The number of nitriles is 2. The van der Waals surface area contributed by atoms with E-state index in [1.54, 1.807) is 0 Å². The number of nitrogens with two attached hydrogens (primary N) is 2. The number of amides is 1. The second-order valence-corrected chi connectivity index (χ2v) is 8.24. The average molecular weight is 440 g/mol. The van der Waals surface area contributed by atoms with E-state index < -0.39 is 17.0 Å². The first-order chi connectivity index (χ1) is 14.9. The van der Waals surface area contributed by atoms with Crippen LogP contribution in [0.3, 0.4) is 0 Å². The largest absolute Gasteiger partial charge is 0.368 e. The smallest absolute Gasteiger partial charge is 0.237 e. The molecular weight excluding hydrogens is 417 g/mol. The van der Waals surface area contributed by atoms with Gasteiger partial charge in [-0.3, -0.25) is 9.78 Å². The molecule has 0 aliphatic carbocycles. The average Bonchev–Trinajstić information content (AvgIpc) is 2.77. The van der Waals surface area contributed by atoms with Gasteiger partial charge in [0.15, 0.2) is 0 Å². The molecule has 3 heterocycles. The number of aromatic nitrogens is 2. The second-order valence-electron chi connectivity index (χ2n) is 7.14. The maximum atomic E-state index is 14.3. The maximum absolute atomic E-state index is 14.3. The van der Waals surface area contributed by atoms with Crippen molar-refractivity contribution in [2.45, 2.75) is 42.5 Å². The number of primary amides is 1. The molecule has 0 aromatic carbocycles. The SMILES string of the molecule is CCc1c(C#N)c(SC(C(N)=O)c2ncccc2F)nc(N2CCC(N)CC2)c1C#N. The highest BCUT2D eigenvalue weighted by molar-refractivity contribution is 8.00. The van der Waals surface area contributed by atoms with E-state index in [4.69, 9.17) is 11.5 Å². The number of carbonyl (C=O) groups is 1. The summed E-state index contributed by atoms with van der Waals surface area (Å²) in [5.41, 5.74) is 12.5. The third-order valence-corrected chi connectivity index (χ3v) is 6.40. The van der Waals surface area contributed by atoms with E-state index >= 15 is 0 Å². The lowest BCUT2D eigenvalue weighted by atomic mass is 10.00. The van der Waals surface area contributed by atoms with Crippen molar-refractivity contribution >= 4 is 23.5 Å². The first-order valence-corrected chi connectivity index (χ1v) is 10.7. The van der Waals surface area contributed by atoms with E-state index in [1.807, 2.05) is 11.8 Å². The number of hydrogen-bond acceptors (Lipinski definition) is 8. The van der Waals surface area contributed by atoms with Crippen LogP contribution in [-0.2, 0) is 11.2 Å². The molecule has 2 aromatic rings. The molecule has 0 radical (unpaired) electrons. The minimum Gasteiger partial charge on any atom is -0.368 e. The number of hydrogen-bond donors (Lipinski definition) is 2. The van der Waals surface area contributed by atoms with Crippen molar-refractivity contribution in [3.8, 4) is 12.1 Å². The van der Waals surface area contributed by atoms with E-state index in [2.05, 4.69) is 22.1 Å². The van der Waals surface area contributed by atoms with E-state index in [-0.39, 0.29) is 22.3 Å². The van der Waals surface area contributed by atoms with Crippen LogP contribution in [0.25, 0.3) is 0 Å². The molecule has 160 valence electrons. The van der Waals surface area contributed by atoms with Gasteiger partial charge in [-0.1, -0.05) is 18.7 Å². The zero-order valence-electron chi connectivity index (χ0n) is 17.0. The summed E-state index contributed by atoms with van der Waals surface area (Å²) in [7, 11) is 0. The Kier molecular flexibility index (Phi) is 7.06. The van der Waals surface area contributed by atoms with Gasteiger partial charge in [0.2, 0.25) is 5.91 Å². The Bertz CT molecular complexity index is 1070. The van der Waals surface area contributed by atoms with Crippen molar-refractivity contribution in [3.05, 3.63) is 46.5 Å². The Labute approximate surface area is 184 Å². The van der Waals surface area contributed by atoms with Gasteiger partial charge >= 0.3 is 0 Å². The zero-order chi connectivity index (χ0) is 22.5. The molecule has 1 aliphatic heterocycles. The molecule has 8 nitrogen and oxygen atoms in total. The molecule has 0 spiro atoms. The van der Waals surface area contributed by atoms with Crippen LogP contribution < -0.4 is 16.4 Å². The molecular formula is C21H22FN7OS. The van der Waals surface area contributed by atoms with Gasteiger partial charge in [0.25, 0.3) is 0 Å². The van der Waals surface area contributed by atoms with Crippen LogP contribution in [-0.4, -0.2) is 35.0 Å². The quantitative estimate of drug-likeness (QED) is 0.651. The number of halogens is 1. The molecule has 1 fully saturated rings. The highest BCUT2D eigenvalue weighted by atomic mass is 32.2. The Hall–Kier alpha value is -3.21. The van der Waals surface area contributed by atoms with E-state index in [0.29, 0.717) is 36.5 Å². The summed E-state index contributed by atoms with van der Waals surface area (Å²) in [6, 6.07) is 6.97. The molecule has 10 heteroatoms. The number of thioether (sulfide) groups is 1. The number of piperidine rings is 1. The second kappa shape index (κ2) is 9.73. The van der Waals surface area contributed by atoms with Gasteiger partial charge in [-0.2, -0.15) is 10.5 Å². The molecule has 3 rings (SSSR count). The fourth-order valence-corrected chi connectivity index (χ4v) is 4.61. The number of carbonyl (C=O) groups excluding carboxylic acids is 1. The fourth-order valence-electron chi connectivity index (χ4n) is 3.56. The summed E-state index contributed by atoms with van der Waals surface area (Å²) in [4.78, 5) is 22.7. The Morgan fingerprint density at radius 2 is 2.03 bits per heavy atom. The summed E-state index contributed by atoms with van der Waals surface area (Å²) in [6.07, 6.45) is 3.28. The third kappa shape index (κ3) is 4.61. The number of pyridine rings is 2. The van der Waals surface area contributed by atoms with Crippen LogP contribution in [0.2, 0.25) is 0 Å². The predicted octanol–water partition coefficient (Wildman–Crippen LogP) is 2.17. The fraction of sp³-hybridized carbons (Fsp3) is 0.381. The molecule has 2 aromatic heterocycles. The summed E-state index contributed by atoms with van der Waals surface area (Å²) < 4.78 is 14.3. The minimum absolute atomic E-state index is 0.0889. The van der Waals surface area contributed by atoms with Gasteiger partial charge in [0.05, 0.1) is 16.8 Å². The maximum Gasteiger partial charge on any atom is 0.237 e. The Morgan fingerprint density at radius 3 is 2.58 bits per heavy atom. The van der Waals surface area contributed by atoms with Crippen LogP contribution in [0.1, 0.15) is 47.4 Å². The van der Waals surface area contributed by atoms with Crippen molar-refractivity contribution in [2.75, 3.05) is 18.0 Å². The molecule has 0 saturated carbocycles. The summed E-state index contributed by atoms with van der Waals surface area (Å²) in [5.74, 6) is -1.04. The zero-order valence-corrected chi connectivity index (χ0v) is 17.8. The molecule has 4 N–H and O–H groups in total. The summed E-state index contributed by atoms with van der Waals surface area (Å²) in [6.45, 7) is 3.08. The van der Waals surface area contributed by atoms with Gasteiger partial charge in [-0.05, 0) is 37.0 Å². The third-order valence-electron chi connectivity index (χ3n) is 5.19. The highest BCUT2D eigenvalue weighted by Gasteiger charge is 2.30. The monoisotopic (exact) mass is 439 g/mol. The molecule has 1 amide bonds. The molecule has 1 aliphatic rings. The standard InChI is InChI=1S/C21H22FN7OS/c1-2-13-14(10-23)20(29-8-5-12(25)6-9-29)28-21(15(13)11-24)31-18(19(26)30)17-16(22)4-3-7-27-17/h3-4,7,12,18H,2,5-6,8-9,25H2,1H3,(H2,26,30). The van der Waals surface area contributed by atoms with Crippen LogP contribution in [0.5, 0.6) is 0 Å². The topological polar surface area (TPSA) is 146 Å². The Balaban J connectivity index is 2.13. The van der Waals surface area contributed by atoms with Crippen LogP contribution in [0.15, 0.2) is 23.4 Å². The van der Waals surface area contributed by atoms with Crippen LogP contribution >= 0.6 is 11.8 Å². The van der Waals surface area contributed by atoms with Gasteiger partial charge in [-0.25, -0.2) is 9.37 Å². The van der Waals surface area contributed by atoms with Crippen molar-refractivity contribution in [1.29, 1.82) is 10.5 Å². The number of rotatable bonds is 6. The highest BCUT2D eigenvalue weighted by Crippen LogP contribution is 2.39. The first kappa shape index (κ1) is 22.5. The van der Waals surface area contributed by atoms with Crippen molar-refractivity contribution in [1.82, 2.24) is 9.97 Å². The molecule has 31 heavy (non-hydrogen) atoms. The van der Waals surface area contributed by atoms with Gasteiger partial charge in [-0.15, -0.1) is 0 Å². The van der Waals surface area contributed by atoms with E-state index in [1.165, 1.54) is 18.3 Å². The lowest BCUT2D eigenvalue weighted by Crippen LogP contribution is -2.40. The van der Waals surface area contributed by atoms with Crippen molar-refractivity contribution in [2.24, 2.45) is 11.5 Å². The lowest BCUT2D eigenvalue weighted by Gasteiger charge is -2.32. The lowest BCUT2D eigenvalue weighted by molar-refractivity contribution is -0.117. The van der Waals surface area contributed by atoms with Crippen LogP contribution in [0, 0.1) is 28.5 Å². The number of anilines is 1. The Morgan fingerprint density at radius 1 is 1.35 bits per heavy atom. The molecule has 1 saturated heterocycles. The number of nitrogens with zero attached hydrogens (tertiary/aromatic N) is 5. The van der Waals surface area contributed by atoms with E-state index in [0.717, 1.165) is 24.6 Å². The van der Waals surface area contributed by atoms with Gasteiger partial charge in [0.1, 0.15) is 34.0 Å². The first-order valence-electron chi connectivity index (χ1n) is 9.85. The van der Waals surface area contributed by atoms with Crippen molar-refractivity contribution < 1.29 is 9.18 Å². The molecule has 1 unspecified atom stereocenters. The molecule has 0 bridgehead atoms. The van der Waals surface area contributed by atoms with Crippen LogP contribution in [0.4, 0.5) is 10.2 Å². The molecule has 1 atom stereocenters. The summed E-state index contributed by atoms with van der Waals surface area (Å²) in [5, 5.41) is 18.7. The van der Waals surface area contributed by atoms with E-state index in [9.17, 15) is 19.7 Å². The van der Waals surface area contributed by atoms with Gasteiger partial charge in [0, 0.05) is 25.3 Å². The predicted molar refractivity (Wildman–Crippen MR) is 114 cm³/mol. The summed E-state index contributed by atoms with van der Waals surface area (Å²) >= 11 is 0.871. The van der Waals surface area contributed by atoms with Crippen molar-refractivity contribution in [3.63, 3.8) is 0 Å². The minimum atomic E-state index is -1.18. The normalized spacial score (nSPS) is 15.2.